The number of hydrogen-bond donors (Lipinski definition) is 4. The highest BCUT2D eigenvalue weighted by Gasteiger charge is 2.33. The molecule has 0 bridgehead atoms. The number of carboxylic acid groups (broad SMARTS) is 1. The van der Waals surface area contributed by atoms with Gasteiger partial charge in [-0.3, -0.25) is 9.69 Å². The van der Waals surface area contributed by atoms with Crippen LogP contribution in [0.15, 0.2) is 70.7 Å². The highest BCUT2D eigenvalue weighted by molar-refractivity contribution is 6.05. The maximum absolute atomic E-state index is 11.6. The van der Waals surface area contributed by atoms with Crippen molar-refractivity contribution in [1.29, 1.82) is 0 Å². The summed E-state index contributed by atoms with van der Waals surface area (Å²) < 4.78 is 11.6. The van der Waals surface area contributed by atoms with E-state index in [-0.39, 0.29) is 11.9 Å². The molecule has 0 aromatic heterocycles. The number of aliphatic imine (C=N–C) groups is 2. The van der Waals surface area contributed by atoms with Crippen molar-refractivity contribution in [2.24, 2.45) is 21.5 Å². The van der Waals surface area contributed by atoms with E-state index in [1.54, 1.807) is 29.2 Å². The molecule has 0 saturated heterocycles. The van der Waals surface area contributed by atoms with Crippen LogP contribution in [0, 0.1) is 0 Å². The number of benzene rings is 2. The molecule has 11 nitrogen and oxygen atoms in total. The summed E-state index contributed by atoms with van der Waals surface area (Å²) in [5.74, 6) is -0.0126. The van der Waals surface area contributed by atoms with Gasteiger partial charge in [0.05, 0.1) is 13.2 Å². The maximum atomic E-state index is 11.6. The average molecular weight is 481 g/mol. The van der Waals surface area contributed by atoms with Crippen molar-refractivity contribution in [3.63, 3.8) is 0 Å². The normalized spacial score (nSPS) is 14.7. The van der Waals surface area contributed by atoms with E-state index in [2.05, 4.69) is 15.3 Å². The van der Waals surface area contributed by atoms with Crippen LogP contribution in [0.5, 0.6) is 11.5 Å². The summed E-state index contributed by atoms with van der Waals surface area (Å²) in [5.41, 5.74) is 12.5. The number of carbonyl (C=O) groups is 2. The van der Waals surface area contributed by atoms with Crippen LogP contribution in [0.25, 0.3) is 0 Å². The van der Waals surface area contributed by atoms with Crippen molar-refractivity contribution in [1.82, 2.24) is 0 Å². The van der Waals surface area contributed by atoms with Crippen LogP contribution < -0.4 is 31.2 Å². The van der Waals surface area contributed by atoms with Crippen LogP contribution in [0.4, 0.5) is 11.4 Å². The molecule has 2 aromatic carbocycles. The van der Waals surface area contributed by atoms with Crippen molar-refractivity contribution in [2.45, 2.75) is 25.9 Å². The Morgan fingerprint density at radius 3 is 2.40 bits per heavy atom. The van der Waals surface area contributed by atoms with E-state index in [0.717, 1.165) is 17.8 Å². The summed E-state index contributed by atoms with van der Waals surface area (Å²) in [5, 5.41) is 11.1. The minimum Gasteiger partial charge on any atom is -0.493 e. The number of ether oxygens (including phenoxy) is 2. The Bertz CT molecular complexity index is 1160. The lowest BCUT2D eigenvalue weighted by atomic mass is 10.1. The Hall–Kier alpha value is -4.54. The predicted octanol–water partition coefficient (Wildman–Crippen LogP) is 2.30. The number of nitrogens with one attached hydrogen (secondary N) is 1. The molecule has 0 saturated carbocycles. The van der Waals surface area contributed by atoms with E-state index in [4.69, 9.17) is 26.0 Å². The van der Waals surface area contributed by atoms with Gasteiger partial charge in [-0.2, -0.15) is 4.99 Å². The standard InChI is InChI=1S/C24H28N6O5/c1-24(2)29-22(25)28-23(26)30(24)17-5-3-6-19(15-17)35-14-4-13-34-18-9-7-16(8-10-18)27-20(31)11-12-21(32)33/h3,5-12,15H,4,13-14H2,1-2H3,(H,27,31)(H,32,33)(H4,25,26,28,29)/b12-11-. The van der Waals surface area contributed by atoms with Gasteiger partial charge in [-0.25, -0.2) is 9.79 Å². The zero-order chi connectivity index (χ0) is 25.4. The minimum atomic E-state index is -1.19. The molecule has 35 heavy (non-hydrogen) atoms. The third-order valence-electron chi connectivity index (χ3n) is 4.79. The largest absolute Gasteiger partial charge is 0.493 e. The van der Waals surface area contributed by atoms with E-state index >= 15 is 0 Å². The lowest BCUT2D eigenvalue weighted by Crippen LogP contribution is -2.54. The molecule has 3 rings (SSSR count). The van der Waals surface area contributed by atoms with Crippen LogP contribution in [-0.4, -0.2) is 47.8 Å². The van der Waals surface area contributed by atoms with Gasteiger partial charge in [-0.15, -0.1) is 0 Å². The van der Waals surface area contributed by atoms with Crippen molar-refractivity contribution in [3.05, 3.63) is 60.7 Å². The number of rotatable bonds is 10. The molecule has 0 radical (unpaired) electrons. The maximum Gasteiger partial charge on any atom is 0.328 e. The molecular weight excluding hydrogens is 452 g/mol. The summed E-state index contributed by atoms with van der Waals surface area (Å²) in [4.78, 5) is 32.2. The van der Waals surface area contributed by atoms with E-state index in [1.807, 2.05) is 38.1 Å². The number of nitrogens with zero attached hydrogens (tertiary/aromatic N) is 3. The van der Waals surface area contributed by atoms with Crippen molar-refractivity contribution in [2.75, 3.05) is 23.4 Å². The number of hydrogen-bond acceptors (Lipinski definition) is 9. The van der Waals surface area contributed by atoms with Gasteiger partial charge in [-0.1, -0.05) is 6.07 Å². The Morgan fingerprint density at radius 2 is 1.74 bits per heavy atom. The Labute approximate surface area is 202 Å². The van der Waals surface area contributed by atoms with Crippen LogP contribution in [0.1, 0.15) is 20.3 Å². The molecule has 184 valence electrons. The van der Waals surface area contributed by atoms with Gasteiger partial charge in [0.15, 0.2) is 0 Å². The smallest absolute Gasteiger partial charge is 0.328 e. The Kier molecular flexibility index (Phi) is 7.92. The zero-order valence-electron chi connectivity index (χ0n) is 19.5. The van der Waals surface area contributed by atoms with Gasteiger partial charge in [0, 0.05) is 36.0 Å². The first-order chi connectivity index (χ1) is 16.6. The van der Waals surface area contributed by atoms with Crippen molar-refractivity contribution < 1.29 is 24.2 Å². The molecule has 0 aliphatic carbocycles. The van der Waals surface area contributed by atoms with E-state index in [9.17, 15) is 9.59 Å². The molecule has 0 atom stereocenters. The topological polar surface area (TPSA) is 165 Å². The fraction of sp³-hybridized carbons (Fsp3) is 0.250. The molecule has 0 spiro atoms. The second-order valence-electron chi connectivity index (χ2n) is 8.00. The first-order valence-corrected chi connectivity index (χ1v) is 10.8. The quantitative estimate of drug-likeness (QED) is 0.297. The molecule has 0 unspecified atom stereocenters. The number of carbonyl (C=O) groups excluding carboxylic acids is 1. The van der Waals surface area contributed by atoms with Gasteiger partial charge in [0.1, 0.15) is 17.2 Å². The third-order valence-corrected chi connectivity index (χ3v) is 4.79. The predicted molar refractivity (Wildman–Crippen MR) is 134 cm³/mol. The van der Waals surface area contributed by atoms with Gasteiger partial charge in [0.25, 0.3) is 0 Å². The number of nitrogens with two attached hydrogens (primary N) is 2. The van der Waals surface area contributed by atoms with E-state index in [1.165, 1.54) is 0 Å². The zero-order valence-corrected chi connectivity index (χ0v) is 19.5. The lowest BCUT2D eigenvalue weighted by Gasteiger charge is -2.38. The monoisotopic (exact) mass is 480 g/mol. The molecule has 1 aliphatic heterocycles. The van der Waals surface area contributed by atoms with Crippen LogP contribution in [0.2, 0.25) is 0 Å². The van der Waals surface area contributed by atoms with Gasteiger partial charge in [0.2, 0.25) is 17.8 Å². The second-order valence-corrected chi connectivity index (χ2v) is 8.00. The molecule has 2 aromatic rings. The second kappa shape index (κ2) is 11.1. The van der Waals surface area contributed by atoms with E-state index < -0.39 is 17.5 Å². The van der Waals surface area contributed by atoms with Crippen LogP contribution in [0.3, 0.4) is 0 Å². The summed E-state index contributed by atoms with van der Waals surface area (Å²) in [6, 6.07) is 14.2. The number of amides is 1. The molecule has 1 heterocycles. The number of guanidine groups is 2. The van der Waals surface area contributed by atoms with Crippen LogP contribution in [-0.2, 0) is 9.59 Å². The molecule has 1 aliphatic rings. The average Bonchev–Trinajstić information content (AvgIpc) is 2.77. The van der Waals surface area contributed by atoms with Crippen LogP contribution >= 0.6 is 0 Å². The molecule has 6 N–H and O–H groups in total. The lowest BCUT2D eigenvalue weighted by molar-refractivity contribution is -0.131. The summed E-state index contributed by atoms with van der Waals surface area (Å²) in [6.07, 6.45) is 2.36. The highest BCUT2D eigenvalue weighted by atomic mass is 16.5. The third kappa shape index (κ3) is 7.22. The Balaban J connectivity index is 1.45. The van der Waals surface area contributed by atoms with Crippen molar-refractivity contribution >= 4 is 35.2 Å². The summed E-state index contributed by atoms with van der Waals surface area (Å²) in [6.45, 7) is 4.65. The minimum absolute atomic E-state index is 0.142. The number of carboxylic acids is 1. The molecule has 1 amide bonds. The molecule has 0 fully saturated rings. The SMILES string of the molecule is CC1(C)N=C(N)N=C(N)N1c1cccc(OCCCOc2ccc(NC(=O)/C=C\C(=O)O)cc2)c1. The first-order valence-electron chi connectivity index (χ1n) is 10.8. The first kappa shape index (κ1) is 25.1. The van der Waals surface area contributed by atoms with Gasteiger partial charge < -0.3 is 31.4 Å². The molecule has 11 heteroatoms. The van der Waals surface area contributed by atoms with Gasteiger partial charge >= 0.3 is 5.97 Å². The number of anilines is 2. The van der Waals surface area contributed by atoms with E-state index in [0.29, 0.717) is 36.8 Å². The van der Waals surface area contributed by atoms with Gasteiger partial charge in [-0.05, 0) is 50.2 Å². The number of aliphatic carboxylic acids is 1. The highest BCUT2D eigenvalue weighted by Crippen LogP contribution is 2.30. The fourth-order valence-corrected chi connectivity index (χ4v) is 3.37. The summed E-state index contributed by atoms with van der Waals surface area (Å²) in [7, 11) is 0. The van der Waals surface area contributed by atoms with Crippen molar-refractivity contribution in [3.8, 4) is 11.5 Å². The molecular formula is C24H28N6O5. The Morgan fingerprint density at radius 1 is 1.06 bits per heavy atom. The summed E-state index contributed by atoms with van der Waals surface area (Å²) >= 11 is 0. The fourth-order valence-electron chi connectivity index (χ4n) is 3.37.